The molecule has 1 amide bonds. The summed E-state index contributed by atoms with van der Waals surface area (Å²) in [4.78, 5) is 26.9. The van der Waals surface area contributed by atoms with E-state index < -0.39 is 5.97 Å². The van der Waals surface area contributed by atoms with Crippen molar-refractivity contribution >= 4 is 29.2 Å². The third-order valence-electron chi connectivity index (χ3n) is 5.37. The maximum atomic E-state index is 14.0. The number of rotatable bonds is 6. The van der Waals surface area contributed by atoms with Gasteiger partial charge in [-0.25, -0.2) is 9.18 Å². The molecule has 0 atom stereocenters. The maximum absolute atomic E-state index is 14.0. The summed E-state index contributed by atoms with van der Waals surface area (Å²) in [6.07, 6.45) is 1.38. The molecule has 0 aromatic heterocycles. The quantitative estimate of drug-likeness (QED) is 0.665. The topological polar surface area (TPSA) is 58.6 Å². The smallest absolute Gasteiger partial charge is 0.338 e. The number of carbonyl (C=O) groups excluding carboxylic acids is 2. The van der Waals surface area contributed by atoms with E-state index in [-0.39, 0.29) is 17.6 Å². The highest BCUT2D eigenvalue weighted by Crippen LogP contribution is 2.24. The Morgan fingerprint density at radius 1 is 1.20 bits per heavy atom. The molecular formula is C23H26ClFN2O3. The number of piperidine rings is 1. The highest BCUT2D eigenvalue weighted by atomic mass is 35.5. The zero-order chi connectivity index (χ0) is 21.7. The fourth-order valence-electron chi connectivity index (χ4n) is 3.58. The average molecular weight is 433 g/mol. The maximum Gasteiger partial charge on any atom is 0.338 e. The normalized spacial score (nSPS) is 15.1. The third-order valence-corrected chi connectivity index (χ3v) is 5.61. The summed E-state index contributed by atoms with van der Waals surface area (Å²) in [6.45, 7) is 5.85. The number of aryl methyl sites for hydroxylation is 1. The molecule has 0 unspecified atom stereocenters. The lowest BCUT2D eigenvalue weighted by atomic mass is 9.95. The molecule has 0 saturated carbocycles. The van der Waals surface area contributed by atoms with E-state index in [1.165, 1.54) is 6.07 Å². The minimum Gasteiger partial charge on any atom is -0.462 e. The van der Waals surface area contributed by atoms with Gasteiger partial charge in [-0.05, 0) is 69.6 Å². The van der Waals surface area contributed by atoms with Crippen LogP contribution in [0.25, 0.3) is 0 Å². The Morgan fingerprint density at radius 3 is 2.60 bits per heavy atom. The van der Waals surface area contributed by atoms with Gasteiger partial charge in [-0.1, -0.05) is 23.7 Å². The van der Waals surface area contributed by atoms with Crippen LogP contribution < -0.4 is 5.32 Å². The lowest BCUT2D eigenvalue weighted by Crippen LogP contribution is -2.38. The van der Waals surface area contributed by atoms with Crippen LogP contribution in [0, 0.1) is 18.7 Å². The lowest BCUT2D eigenvalue weighted by molar-refractivity contribution is -0.121. The van der Waals surface area contributed by atoms with Crippen LogP contribution in [0.3, 0.4) is 0 Å². The van der Waals surface area contributed by atoms with Crippen LogP contribution in [0.1, 0.15) is 41.3 Å². The molecule has 0 radical (unpaired) electrons. The van der Waals surface area contributed by atoms with Crippen molar-refractivity contribution in [2.45, 2.75) is 33.2 Å². The zero-order valence-electron chi connectivity index (χ0n) is 17.2. The number of hydrogen-bond donors (Lipinski definition) is 1. The second kappa shape index (κ2) is 10.0. The number of amides is 1. The Balaban J connectivity index is 1.56. The number of hydrogen-bond acceptors (Lipinski definition) is 4. The van der Waals surface area contributed by atoms with E-state index in [4.69, 9.17) is 16.3 Å². The molecule has 1 heterocycles. The predicted molar refractivity (Wildman–Crippen MR) is 115 cm³/mol. The monoisotopic (exact) mass is 432 g/mol. The SMILES string of the molecule is CCOC(=O)c1ccc(C)c(NC(=O)C2CCN(Cc3ccc(Cl)cc3F)CC2)c1. The molecule has 1 N–H and O–H groups in total. The minimum atomic E-state index is -0.407. The van der Waals surface area contributed by atoms with Gasteiger partial charge in [-0.3, -0.25) is 9.69 Å². The van der Waals surface area contributed by atoms with Gasteiger partial charge in [0.2, 0.25) is 5.91 Å². The zero-order valence-corrected chi connectivity index (χ0v) is 18.0. The van der Waals surface area contributed by atoms with Gasteiger partial charge in [0.1, 0.15) is 5.82 Å². The van der Waals surface area contributed by atoms with Crippen molar-refractivity contribution in [2.24, 2.45) is 5.92 Å². The Kier molecular flexibility index (Phi) is 7.45. The van der Waals surface area contributed by atoms with Crippen molar-refractivity contribution in [3.63, 3.8) is 0 Å². The largest absolute Gasteiger partial charge is 0.462 e. The predicted octanol–water partition coefficient (Wildman–Crippen LogP) is 4.81. The number of nitrogens with one attached hydrogen (secondary N) is 1. The first kappa shape index (κ1) is 22.2. The molecule has 1 fully saturated rings. The molecule has 0 bridgehead atoms. The van der Waals surface area contributed by atoms with E-state index in [1.807, 2.05) is 6.92 Å². The number of benzene rings is 2. The fraction of sp³-hybridized carbons (Fsp3) is 0.391. The van der Waals surface area contributed by atoms with E-state index in [2.05, 4.69) is 10.2 Å². The van der Waals surface area contributed by atoms with Crippen molar-refractivity contribution in [1.29, 1.82) is 0 Å². The highest BCUT2D eigenvalue weighted by molar-refractivity contribution is 6.30. The number of nitrogens with zero attached hydrogens (tertiary/aromatic N) is 1. The molecule has 5 nitrogen and oxygen atoms in total. The number of halogens is 2. The van der Waals surface area contributed by atoms with Gasteiger partial charge in [0.05, 0.1) is 12.2 Å². The molecular weight excluding hydrogens is 407 g/mol. The molecule has 7 heteroatoms. The number of carbonyl (C=O) groups is 2. The van der Waals surface area contributed by atoms with Gasteiger partial charge in [-0.15, -0.1) is 0 Å². The Hall–Kier alpha value is -2.44. The van der Waals surface area contributed by atoms with Gasteiger partial charge >= 0.3 is 5.97 Å². The average Bonchev–Trinajstić information content (AvgIpc) is 2.72. The van der Waals surface area contributed by atoms with Crippen LogP contribution in [-0.4, -0.2) is 36.5 Å². The number of esters is 1. The van der Waals surface area contributed by atoms with Gasteiger partial charge in [0.15, 0.2) is 0 Å². The Morgan fingerprint density at radius 2 is 1.93 bits per heavy atom. The molecule has 1 aliphatic heterocycles. The van der Waals surface area contributed by atoms with E-state index in [1.54, 1.807) is 37.3 Å². The second-order valence-corrected chi connectivity index (χ2v) is 7.96. The van der Waals surface area contributed by atoms with Crippen LogP contribution in [0.15, 0.2) is 36.4 Å². The van der Waals surface area contributed by atoms with Crippen molar-refractivity contribution in [3.8, 4) is 0 Å². The molecule has 0 spiro atoms. The summed E-state index contributed by atoms with van der Waals surface area (Å²) >= 11 is 5.81. The fourth-order valence-corrected chi connectivity index (χ4v) is 3.74. The first-order chi connectivity index (χ1) is 14.4. The highest BCUT2D eigenvalue weighted by Gasteiger charge is 2.26. The van der Waals surface area contributed by atoms with Crippen LogP contribution >= 0.6 is 11.6 Å². The molecule has 30 heavy (non-hydrogen) atoms. The molecule has 160 valence electrons. The molecule has 2 aromatic carbocycles. The number of ether oxygens (including phenoxy) is 1. The lowest BCUT2D eigenvalue weighted by Gasteiger charge is -2.31. The van der Waals surface area contributed by atoms with Crippen LogP contribution in [-0.2, 0) is 16.1 Å². The summed E-state index contributed by atoms with van der Waals surface area (Å²) in [6, 6.07) is 9.86. The van der Waals surface area contributed by atoms with E-state index in [9.17, 15) is 14.0 Å². The summed E-state index contributed by atoms with van der Waals surface area (Å²) in [5.41, 5.74) is 2.52. The van der Waals surface area contributed by atoms with E-state index >= 15 is 0 Å². The molecule has 3 rings (SSSR count). The van der Waals surface area contributed by atoms with Gasteiger partial charge < -0.3 is 10.1 Å². The van der Waals surface area contributed by atoms with Crippen molar-refractivity contribution in [3.05, 3.63) is 63.9 Å². The van der Waals surface area contributed by atoms with Gasteiger partial charge in [-0.2, -0.15) is 0 Å². The van der Waals surface area contributed by atoms with E-state index in [0.717, 1.165) is 5.56 Å². The second-order valence-electron chi connectivity index (χ2n) is 7.53. The van der Waals surface area contributed by atoms with Crippen LogP contribution in [0.2, 0.25) is 5.02 Å². The van der Waals surface area contributed by atoms with Gasteiger partial charge in [0, 0.05) is 28.7 Å². The number of anilines is 1. The standard InChI is InChI=1S/C23H26ClFN2O3/c1-3-30-23(29)17-5-4-15(2)21(12-17)26-22(28)16-8-10-27(11-9-16)14-18-6-7-19(24)13-20(18)25/h4-7,12-13,16H,3,8-11,14H2,1-2H3,(H,26,28). The van der Waals surface area contributed by atoms with E-state index in [0.29, 0.717) is 60.9 Å². The Labute approximate surface area is 181 Å². The van der Waals surface area contributed by atoms with Crippen molar-refractivity contribution < 1.29 is 18.7 Å². The van der Waals surface area contributed by atoms with Crippen molar-refractivity contribution in [1.82, 2.24) is 4.90 Å². The summed E-state index contributed by atoms with van der Waals surface area (Å²) in [5, 5.41) is 3.34. The van der Waals surface area contributed by atoms with Crippen molar-refractivity contribution in [2.75, 3.05) is 25.0 Å². The first-order valence-corrected chi connectivity index (χ1v) is 10.5. The molecule has 1 aliphatic rings. The summed E-state index contributed by atoms with van der Waals surface area (Å²) in [5.74, 6) is -0.895. The molecule has 1 saturated heterocycles. The Bertz CT molecular complexity index is 927. The van der Waals surface area contributed by atoms with Gasteiger partial charge in [0.25, 0.3) is 0 Å². The first-order valence-electron chi connectivity index (χ1n) is 10.1. The summed E-state index contributed by atoms with van der Waals surface area (Å²) < 4.78 is 19.0. The van der Waals surface area contributed by atoms with Crippen LogP contribution in [0.5, 0.6) is 0 Å². The third kappa shape index (κ3) is 5.58. The van der Waals surface area contributed by atoms with Crippen LogP contribution in [0.4, 0.5) is 10.1 Å². The number of likely N-dealkylation sites (tertiary alicyclic amines) is 1. The summed E-state index contributed by atoms with van der Waals surface area (Å²) in [7, 11) is 0. The molecule has 0 aliphatic carbocycles. The molecule has 2 aromatic rings. The minimum absolute atomic E-state index is 0.0589.